The van der Waals surface area contributed by atoms with Crippen LogP contribution in [0.2, 0.25) is 0 Å². The number of ether oxygens (including phenoxy) is 1. The average molecular weight is 400 g/mol. The highest BCUT2D eigenvalue weighted by Gasteiger charge is 2.36. The quantitative estimate of drug-likeness (QED) is 0.435. The number of anilines is 1. The summed E-state index contributed by atoms with van der Waals surface area (Å²) in [5, 5.41) is 0.187. The van der Waals surface area contributed by atoms with Crippen molar-refractivity contribution < 1.29 is 14.3 Å². The smallest absolute Gasteiger partial charge is 0.265 e. The highest BCUT2D eigenvalue weighted by molar-refractivity contribution is 7.80. The van der Waals surface area contributed by atoms with Gasteiger partial charge in [0.1, 0.15) is 11.3 Å². The molecule has 28 heavy (non-hydrogen) atoms. The van der Waals surface area contributed by atoms with Gasteiger partial charge in [0.05, 0.1) is 12.6 Å². The first-order valence-corrected chi connectivity index (χ1v) is 9.38. The second kappa shape index (κ2) is 6.74. The van der Waals surface area contributed by atoms with E-state index in [4.69, 9.17) is 17.0 Å². The Labute approximate surface area is 171 Å². The van der Waals surface area contributed by atoms with Gasteiger partial charge < -0.3 is 9.64 Å². The van der Waals surface area contributed by atoms with Gasteiger partial charge in [-0.15, -0.1) is 0 Å². The van der Waals surface area contributed by atoms with Gasteiger partial charge in [-0.25, -0.2) is 0 Å². The fraction of sp³-hybridized carbons (Fsp3) is 0.381. The Morgan fingerprint density at radius 1 is 1.07 bits per heavy atom. The zero-order chi connectivity index (χ0) is 21.0. The Bertz CT molecular complexity index is 936. The molecule has 1 fully saturated rings. The molecule has 0 aliphatic carbocycles. The minimum absolute atomic E-state index is 0.0583. The number of carbonyl (C=O) groups excluding carboxylic acids is 2. The van der Waals surface area contributed by atoms with E-state index in [1.54, 1.807) is 27.3 Å². The summed E-state index contributed by atoms with van der Waals surface area (Å²) in [5.41, 5.74) is 3.83. The van der Waals surface area contributed by atoms with Crippen LogP contribution in [0.5, 0.6) is 5.75 Å². The van der Waals surface area contributed by atoms with E-state index in [0.717, 1.165) is 16.8 Å². The number of rotatable bonds is 2. The molecule has 1 aromatic rings. The van der Waals surface area contributed by atoms with Crippen molar-refractivity contribution >= 4 is 46.5 Å². The minimum atomic E-state index is -0.418. The Hall–Kier alpha value is -2.67. The van der Waals surface area contributed by atoms with Crippen LogP contribution in [0.1, 0.15) is 31.9 Å². The van der Waals surface area contributed by atoms with E-state index in [2.05, 4.69) is 31.7 Å². The maximum Gasteiger partial charge on any atom is 0.265 e. The lowest BCUT2D eigenvalue weighted by molar-refractivity contribution is -0.132. The fourth-order valence-electron chi connectivity index (χ4n) is 3.61. The summed E-state index contributed by atoms with van der Waals surface area (Å²) in [7, 11) is 6.75. The van der Waals surface area contributed by atoms with Crippen LogP contribution in [0.4, 0.5) is 5.69 Å². The molecule has 1 saturated heterocycles. The summed E-state index contributed by atoms with van der Waals surface area (Å²) >= 11 is 5.15. The van der Waals surface area contributed by atoms with E-state index in [-0.39, 0.29) is 16.2 Å². The molecule has 0 saturated carbocycles. The Morgan fingerprint density at radius 2 is 1.64 bits per heavy atom. The molecule has 0 bridgehead atoms. The number of benzene rings is 1. The zero-order valence-corrected chi connectivity index (χ0v) is 18.1. The predicted octanol–water partition coefficient (Wildman–Crippen LogP) is 2.93. The molecular formula is C21H25N3O3S. The zero-order valence-electron chi connectivity index (χ0n) is 17.3. The van der Waals surface area contributed by atoms with Crippen LogP contribution in [0, 0.1) is 0 Å². The molecule has 6 nitrogen and oxygen atoms in total. The summed E-state index contributed by atoms with van der Waals surface area (Å²) < 4.78 is 5.58. The summed E-state index contributed by atoms with van der Waals surface area (Å²) in [4.78, 5) is 30.1. The largest absolute Gasteiger partial charge is 0.496 e. The van der Waals surface area contributed by atoms with Crippen molar-refractivity contribution in [3.63, 3.8) is 0 Å². The molecule has 2 amide bonds. The van der Waals surface area contributed by atoms with Crippen molar-refractivity contribution in [3.05, 3.63) is 34.9 Å². The third-order valence-corrected chi connectivity index (χ3v) is 6.06. The van der Waals surface area contributed by atoms with E-state index in [9.17, 15) is 9.59 Å². The second-order valence-corrected chi connectivity index (χ2v) is 8.09. The number of hydrogen-bond acceptors (Lipinski definition) is 5. The number of nitrogens with zero attached hydrogens (tertiary/aromatic N) is 3. The van der Waals surface area contributed by atoms with E-state index in [1.807, 2.05) is 19.2 Å². The molecule has 1 aromatic carbocycles. The summed E-state index contributed by atoms with van der Waals surface area (Å²) in [6, 6.07) is 3.92. The topological polar surface area (TPSA) is 53.1 Å². The molecule has 0 radical (unpaired) electrons. The van der Waals surface area contributed by atoms with Crippen molar-refractivity contribution in [2.45, 2.75) is 26.3 Å². The van der Waals surface area contributed by atoms with Crippen molar-refractivity contribution in [3.8, 4) is 5.75 Å². The van der Waals surface area contributed by atoms with Crippen LogP contribution >= 0.6 is 12.2 Å². The number of thiocarbonyl (C=S) groups is 1. The Morgan fingerprint density at radius 3 is 2.18 bits per heavy atom. The van der Waals surface area contributed by atoms with Crippen molar-refractivity contribution in [2.75, 3.05) is 33.2 Å². The van der Waals surface area contributed by atoms with Gasteiger partial charge >= 0.3 is 0 Å². The van der Waals surface area contributed by atoms with Gasteiger partial charge in [0, 0.05) is 44.0 Å². The molecule has 2 heterocycles. The lowest BCUT2D eigenvalue weighted by Crippen LogP contribution is -2.52. The highest BCUT2D eigenvalue weighted by Crippen LogP contribution is 2.41. The van der Waals surface area contributed by atoms with E-state index >= 15 is 0 Å². The van der Waals surface area contributed by atoms with Gasteiger partial charge in [0.15, 0.2) is 5.11 Å². The SMILES string of the molecule is COc1cc2c(cc1C=C1C(=O)N(C)C(=S)N(C)C1=O)C(C)=CC(C)(C)N2C. The molecular weight excluding hydrogens is 374 g/mol. The van der Waals surface area contributed by atoms with Gasteiger partial charge in [0.2, 0.25) is 0 Å². The Kier molecular flexibility index (Phi) is 4.83. The normalized spacial score (nSPS) is 19.0. The average Bonchev–Trinajstić information content (AvgIpc) is 2.65. The van der Waals surface area contributed by atoms with Gasteiger partial charge in [0.25, 0.3) is 11.8 Å². The first-order chi connectivity index (χ1) is 13.0. The number of allylic oxidation sites excluding steroid dienone is 1. The number of carbonyl (C=O) groups is 2. The first kappa shape index (κ1) is 20.1. The maximum atomic E-state index is 12.6. The molecule has 2 aliphatic heterocycles. The van der Waals surface area contributed by atoms with Crippen LogP contribution in [-0.2, 0) is 9.59 Å². The molecule has 3 rings (SSSR count). The van der Waals surface area contributed by atoms with Crippen LogP contribution in [-0.4, -0.2) is 60.5 Å². The fourth-order valence-corrected chi connectivity index (χ4v) is 3.78. The standard InChI is InChI=1S/C21H25N3O3S/c1-12-11-21(2,3)24(6)16-10-17(27-7)13(8-14(12)16)9-15-18(25)22(4)20(28)23(5)19(15)26/h8-11H,1-7H3. The maximum absolute atomic E-state index is 12.6. The van der Waals surface area contributed by atoms with Crippen molar-refractivity contribution in [1.82, 2.24) is 9.80 Å². The van der Waals surface area contributed by atoms with Crippen LogP contribution in [0.3, 0.4) is 0 Å². The molecule has 0 N–H and O–H groups in total. The molecule has 2 aliphatic rings. The lowest BCUT2D eigenvalue weighted by Gasteiger charge is -2.41. The third kappa shape index (κ3) is 2.99. The number of amides is 2. The highest BCUT2D eigenvalue weighted by atomic mass is 32.1. The van der Waals surface area contributed by atoms with Crippen LogP contribution in [0.25, 0.3) is 11.6 Å². The van der Waals surface area contributed by atoms with Gasteiger partial charge in [-0.3, -0.25) is 19.4 Å². The number of fused-ring (bicyclic) bond motifs is 1. The monoisotopic (exact) mass is 399 g/mol. The molecule has 0 spiro atoms. The van der Waals surface area contributed by atoms with Crippen molar-refractivity contribution in [1.29, 1.82) is 0 Å². The summed E-state index contributed by atoms with van der Waals surface area (Å²) in [6.07, 6.45) is 3.79. The molecule has 0 atom stereocenters. The predicted molar refractivity (Wildman–Crippen MR) is 115 cm³/mol. The second-order valence-electron chi connectivity index (χ2n) is 7.72. The van der Waals surface area contributed by atoms with E-state index in [0.29, 0.717) is 11.3 Å². The van der Waals surface area contributed by atoms with Crippen molar-refractivity contribution in [2.24, 2.45) is 0 Å². The third-order valence-electron chi connectivity index (χ3n) is 5.51. The van der Waals surface area contributed by atoms with Gasteiger partial charge in [-0.2, -0.15) is 0 Å². The first-order valence-electron chi connectivity index (χ1n) is 8.97. The van der Waals surface area contributed by atoms with Crippen LogP contribution in [0.15, 0.2) is 23.8 Å². The van der Waals surface area contributed by atoms with E-state index in [1.165, 1.54) is 9.80 Å². The molecule has 7 heteroatoms. The molecule has 0 aromatic heterocycles. The Balaban J connectivity index is 2.17. The van der Waals surface area contributed by atoms with Crippen LogP contribution < -0.4 is 9.64 Å². The minimum Gasteiger partial charge on any atom is -0.496 e. The number of hydrogen-bond donors (Lipinski definition) is 0. The molecule has 0 unspecified atom stereocenters. The lowest BCUT2D eigenvalue weighted by atomic mass is 9.88. The summed E-state index contributed by atoms with van der Waals surface area (Å²) in [5.74, 6) is -0.237. The van der Waals surface area contributed by atoms with E-state index < -0.39 is 11.8 Å². The number of likely N-dealkylation sites (N-methyl/N-ethyl adjacent to an activating group) is 3. The number of methoxy groups -OCH3 is 1. The summed E-state index contributed by atoms with van der Waals surface area (Å²) in [6.45, 7) is 6.36. The van der Waals surface area contributed by atoms with Gasteiger partial charge in [-0.05, 0) is 50.7 Å². The molecule has 148 valence electrons. The van der Waals surface area contributed by atoms with Gasteiger partial charge in [-0.1, -0.05) is 6.08 Å².